The van der Waals surface area contributed by atoms with Crippen LogP contribution in [0.5, 0.6) is 0 Å². The second-order valence-electron chi connectivity index (χ2n) is 5.35. The van der Waals surface area contributed by atoms with Gasteiger partial charge in [-0.25, -0.2) is 4.98 Å². The summed E-state index contributed by atoms with van der Waals surface area (Å²) >= 11 is 11.1. The molecule has 2 aromatic rings. The summed E-state index contributed by atoms with van der Waals surface area (Å²) < 4.78 is 0.965. The van der Waals surface area contributed by atoms with Gasteiger partial charge in [0.05, 0.1) is 12.2 Å². The summed E-state index contributed by atoms with van der Waals surface area (Å²) in [7, 11) is 0. The van der Waals surface area contributed by atoms with E-state index < -0.39 is 0 Å². The highest BCUT2D eigenvalue weighted by molar-refractivity contribution is 9.10. The van der Waals surface area contributed by atoms with E-state index in [1.807, 2.05) is 18.2 Å². The van der Waals surface area contributed by atoms with Gasteiger partial charge in [0.15, 0.2) is 0 Å². The van der Waals surface area contributed by atoms with Crippen molar-refractivity contribution in [3.8, 4) is 0 Å². The smallest absolute Gasteiger partial charge is 0.112 e. The topological polar surface area (TPSA) is 24.9 Å². The van der Waals surface area contributed by atoms with E-state index in [4.69, 9.17) is 11.6 Å². The van der Waals surface area contributed by atoms with Gasteiger partial charge in [-0.15, -0.1) is 11.3 Å². The largest absolute Gasteiger partial charge is 0.378 e. The molecule has 0 saturated heterocycles. The van der Waals surface area contributed by atoms with Crippen LogP contribution < -0.4 is 5.32 Å². The number of rotatable bonds is 3. The predicted molar refractivity (Wildman–Crippen MR) is 87.3 cm³/mol. The lowest BCUT2D eigenvalue weighted by molar-refractivity contribution is 0.571. The Morgan fingerprint density at radius 3 is 2.68 bits per heavy atom. The molecule has 0 fully saturated rings. The van der Waals surface area contributed by atoms with E-state index in [1.165, 1.54) is 0 Å². The summed E-state index contributed by atoms with van der Waals surface area (Å²) in [5, 5.41) is 7.31. The van der Waals surface area contributed by atoms with Gasteiger partial charge in [0.1, 0.15) is 5.01 Å². The fourth-order valence-electron chi connectivity index (χ4n) is 1.54. The summed E-state index contributed by atoms with van der Waals surface area (Å²) in [5.74, 6) is 0. The molecule has 0 aliphatic carbocycles. The number of nitrogens with one attached hydrogen (secondary N) is 1. The highest BCUT2D eigenvalue weighted by atomic mass is 79.9. The second kappa shape index (κ2) is 5.81. The molecule has 0 spiro atoms. The van der Waals surface area contributed by atoms with Crippen LogP contribution in [0.2, 0.25) is 5.02 Å². The minimum absolute atomic E-state index is 0.107. The van der Waals surface area contributed by atoms with E-state index in [0.717, 1.165) is 32.4 Å². The van der Waals surface area contributed by atoms with E-state index >= 15 is 0 Å². The SMILES string of the molecule is CC(C)(C)c1csc(CNc2ccc(Cl)cc2Br)n1. The predicted octanol–water partition coefficient (Wildman–Crippen LogP) is 5.47. The van der Waals surface area contributed by atoms with Crippen LogP contribution in [0.4, 0.5) is 5.69 Å². The Hall–Kier alpha value is -0.580. The van der Waals surface area contributed by atoms with Crippen LogP contribution in [0.1, 0.15) is 31.5 Å². The average molecular weight is 360 g/mol. The maximum atomic E-state index is 5.92. The second-order valence-corrected chi connectivity index (χ2v) is 7.59. The van der Waals surface area contributed by atoms with E-state index in [9.17, 15) is 0 Å². The van der Waals surface area contributed by atoms with Crippen LogP contribution in [-0.2, 0) is 12.0 Å². The monoisotopic (exact) mass is 358 g/mol. The Bertz CT molecular complexity index is 575. The molecule has 0 bridgehead atoms. The van der Waals surface area contributed by atoms with Crippen molar-refractivity contribution < 1.29 is 0 Å². The number of hydrogen-bond donors (Lipinski definition) is 1. The van der Waals surface area contributed by atoms with Crippen molar-refractivity contribution in [3.05, 3.63) is 43.8 Å². The standard InChI is InChI=1S/C14H16BrClN2S/c1-14(2,3)12-8-19-13(18-12)7-17-11-5-4-9(16)6-10(11)15/h4-6,8,17H,7H2,1-3H3. The van der Waals surface area contributed by atoms with Gasteiger partial charge < -0.3 is 5.32 Å². The fraction of sp³-hybridized carbons (Fsp3) is 0.357. The third-order valence-corrected chi connectivity index (χ3v) is 4.42. The third kappa shape index (κ3) is 3.94. The number of hydrogen-bond acceptors (Lipinski definition) is 3. The molecule has 0 saturated carbocycles. The van der Waals surface area contributed by atoms with E-state index in [2.05, 4.69) is 52.4 Å². The lowest BCUT2D eigenvalue weighted by Gasteiger charge is -2.14. The van der Waals surface area contributed by atoms with E-state index in [1.54, 1.807) is 11.3 Å². The molecule has 0 aliphatic heterocycles. The Balaban J connectivity index is 2.04. The lowest BCUT2D eigenvalue weighted by atomic mass is 9.93. The zero-order valence-electron chi connectivity index (χ0n) is 11.1. The highest BCUT2D eigenvalue weighted by Crippen LogP contribution is 2.27. The first kappa shape index (κ1) is 14.8. The zero-order chi connectivity index (χ0) is 14.0. The van der Waals surface area contributed by atoms with Gasteiger partial charge in [-0.1, -0.05) is 32.4 Å². The molecule has 102 valence electrons. The number of benzene rings is 1. The first-order chi connectivity index (χ1) is 8.86. The van der Waals surface area contributed by atoms with Crippen LogP contribution in [0, 0.1) is 0 Å². The van der Waals surface area contributed by atoms with E-state index in [-0.39, 0.29) is 5.41 Å². The summed E-state index contributed by atoms with van der Waals surface area (Å²) in [4.78, 5) is 4.66. The van der Waals surface area contributed by atoms with Crippen molar-refractivity contribution in [2.75, 3.05) is 5.32 Å². The van der Waals surface area contributed by atoms with Crippen LogP contribution in [0.15, 0.2) is 28.1 Å². The highest BCUT2D eigenvalue weighted by Gasteiger charge is 2.17. The van der Waals surface area contributed by atoms with Crippen LogP contribution >= 0.6 is 38.9 Å². The molecule has 1 aromatic heterocycles. The molecule has 19 heavy (non-hydrogen) atoms. The van der Waals surface area contributed by atoms with Gasteiger partial charge in [0.25, 0.3) is 0 Å². The van der Waals surface area contributed by atoms with Crippen molar-refractivity contribution in [2.45, 2.75) is 32.7 Å². The van der Waals surface area contributed by atoms with E-state index in [0.29, 0.717) is 0 Å². The van der Waals surface area contributed by atoms with Crippen molar-refractivity contribution in [1.82, 2.24) is 4.98 Å². The number of nitrogens with zero attached hydrogens (tertiary/aromatic N) is 1. The minimum atomic E-state index is 0.107. The molecule has 2 nitrogen and oxygen atoms in total. The number of halogens is 2. The molecule has 1 aromatic carbocycles. The van der Waals surface area contributed by atoms with Crippen molar-refractivity contribution in [3.63, 3.8) is 0 Å². The Morgan fingerprint density at radius 2 is 2.11 bits per heavy atom. The van der Waals surface area contributed by atoms with Gasteiger partial charge in [0, 0.05) is 26.0 Å². The van der Waals surface area contributed by atoms with Gasteiger partial charge in [0.2, 0.25) is 0 Å². The lowest BCUT2D eigenvalue weighted by Crippen LogP contribution is -2.11. The number of anilines is 1. The molecule has 2 rings (SSSR count). The summed E-state index contributed by atoms with van der Waals surface area (Å²) in [5.41, 5.74) is 2.27. The number of thiazole rings is 1. The summed E-state index contributed by atoms with van der Waals surface area (Å²) in [6.45, 7) is 7.25. The van der Waals surface area contributed by atoms with Crippen molar-refractivity contribution in [2.24, 2.45) is 0 Å². The zero-order valence-corrected chi connectivity index (χ0v) is 14.3. The maximum absolute atomic E-state index is 5.92. The fourth-order valence-corrected chi connectivity index (χ4v) is 3.32. The Kier molecular flexibility index (Phi) is 4.54. The Labute approximate surface area is 131 Å². The minimum Gasteiger partial charge on any atom is -0.378 e. The maximum Gasteiger partial charge on any atom is 0.112 e. The van der Waals surface area contributed by atoms with Gasteiger partial charge in [-0.05, 0) is 34.1 Å². The van der Waals surface area contributed by atoms with Crippen molar-refractivity contribution in [1.29, 1.82) is 0 Å². The molecule has 0 unspecified atom stereocenters. The molecule has 0 radical (unpaired) electrons. The molecule has 1 heterocycles. The third-order valence-electron chi connectivity index (χ3n) is 2.68. The van der Waals surface area contributed by atoms with Gasteiger partial charge >= 0.3 is 0 Å². The van der Waals surface area contributed by atoms with Gasteiger partial charge in [-0.2, -0.15) is 0 Å². The molecule has 0 aliphatic rings. The molecule has 0 amide bonds. The van der Waals surface area contributed by atoms with Crippen molar-refractivity contribution >= 4 is 44.6 Å². The van der Waals surface area contributed by atoms with Crippen LogP contribution in [0.3, 0.4) is 0 Å². The van der Waals surface area contributed by atoms with Crippen LogP contribution in [-0.4, -0.2) is 4.98 Å². The summed E-state index contributed by atoms with van der Waals surface area (Å²) in [6.07, 6.45) is 0. The average Bonchev–Trinajstić information content (AvgIpc) is 2.76. The number of aromatic nitrogens is 1. The van der Waals surface area contributed by atoms with Crippen LogP contribution in [0.25, 0.3) is 0 Å². The van der Waals surface area contributed by atoms with Gasteiger partial charge in [-0.3, -0.25) is 0 Å². The summed E-state index contributed by atoms with van der Waals surface area (Å²) in [6, 6.07) is 5.72. The molecule has 0 atom stereocenters. The quantitative estimate of drug-likeness (QED) is 0.786. The molecular formula is C14H16BrClN2S. The molecule has 5 heteroatoms. The molecular weight excluding hydrogens is 344 g/mol. The first-order valence-corrected chi connectivity index (χ1v) is 8.05. The normalized spacial score (nSPS) is 11.6. The molecule has 1 N–H and O–H groups in total. The Morgan fingerprint density at radius 1 is 1.37 bits per heavy atom. The first-order valence-electron chi connectivity index (χ1n) is 6.00.